The van der Waals surface area contributed by atoms with E-state index < -0.39 is 5.97 Å². The Morgan fingerprint density at radius 3 is 2.81 bits per heavy atom. The van der Waals surface area contributed by atoms with Crippen LogP contribution in [0.4, 0.5) is 0 Å². The minimum atomic E-state index is -0.457. The number of rotatable bonds is 7. The molecule has 1 amide bonds. The molecule has 26 heavy (non-hydrogen) atoms. The van der Waals surface area contributed by atoms with Crippen molar-refractivity contribution in [3.63, 3.8) is 0 Å². The topological polar surface area (TPSA) is 89.5 Å². The molecular weight excluding hydrogens is 521 g/mol. The number of ether oxygens (including phenoxy) is 3. The van der Waals surface area contributed by atoms with Gasteiger partial charge < -0.3 is 14.2 Å². The zero-order chi connectivity index (χ0) is 18.9. The average molecular weight is 540 g/mol. The number of amides is 1. The van der Waals surface area contributed by atoms with E-state index in [1.807, 2.05) is 11.0 Å². The highest BCUT2D eigenvalue weighted by molar-refractivity contribution is 14.1. The summed E-state index contributed by atoms with van der Waals surface area (Å²) in [6.07, 6.45) is 1.55. The van der Waals surface area contributed by atoms with Crippen LogP contribution in [-0.4, -0.2) is 69.6 Å². The lowest BCUT2D eigenvalue weighted by atomic mass is 10.2. The van der Waals surface area contributed by atoms with Gasteiger partial charge in [-0.3, -0.25) is 9.69 Å². The summed E-state index contributed by atoms with van der Waals surface area (Å²) in [5, 5.41) is 3.98. The molecule has 8 nitrogen and oxygen atoms in total. The van der Waals surface area contributed by atoms with Crippen LogP contribution in [0.25, 0.3) is 0 Å². The van der Waals surface area contributed by atoms with Gasteiger partial charge >= 0.3 is 5.97 Å². The van der Waals surface area contributed by atoms with Gasteiger partial charge in [0.1, 0.15) is 5.75 Å². The molecule has 1 aromatic carbocycles. The van der Waals surface area contributed by atoms with Gasteiger partial charge in [0.15, 0.2) is 6.61 Å². The Morgan fingerprint density at radius 1 is 1.42 bits per heavy atom. The molecule has 1 fully saturated rings. The number of hydrazone groups is 1. The van der Waals surface area contributed by atoms with Crippen molar-refractivity contribution in [2.45, 2.75) is 0 Å². The summed E-state index contributed by atoms with van der Waals surface area (Å²) in [7, 11) is 1.30. The average Bonchev–Trinajstić information content (AvgIpc) is 2.61. The van der Waals surface area contributed by atoms with E-state index in [-0.39, 0.29) is 12.5 Å². The molecule has 0 unspecified atom stereocenters. The normalized spacial score (nSPS) is 15.0. The summed E-state index contributed by atoms with van der Waals surface area (Å²) in [5.41, 5.74) is 3.29. The number of esters is 1. The molecule has 0 aromatic heterocycles. The summed E-state index contributed by atoms with van der Waals surface area (Å²) in [6.45, 7) is 2.91. The van der Waals surface area contributed by atoms with Crippen LogP contribution in [0.5, 0.6) is 5.75 Å². The van der Waals surface area contributed by atoms with Crippen LogP contribution >= 0.6 is 38.5 Å². The van der Waals surface area contributed by atoms with Gasteiger partial charge in [-0.2, -0.15) is 5.10 Å². The minimum absolute atomic E-state index is 0.171. The Labute approximate surface area is 173 Å². The van der Waals surface area contributed by atoms with Gasteiger partial charge in [0.05, 0.1) is 41.1 Å². The Bertz CT molecular complexity index is 657. The summed E-state index contributed by atoms with van der Waals surface area (Å²) >= 11 is 5.50. The quantitative estimate of drug-likeness (QED) is 0.244. The van der Waals surface area contributed by atoms with Crippen molar-refractivity contribution in [2.75, 3.05) is 46.6 Å². The molecule has 0 saturated carbocycles. The molecule has 0 spiro atoms. The fourth-order valence-corrected chi connectivity index (χ4v) is 3.93. The van der Waals surface area contributed by atoms with Crippen molar-refractivity contribution in [1.29, 1.82) is 0 Å². The second kappa shape index (κ2) is 10.8. The summed E-state index contributed by atoms with van der Waals surface area (Å²) in [4.78, 5) is 25.1. The third-order valence-corrected chi connectivity index (χ3v) is 4.85. The van der Waals surface area contributed by atoms with E-state index in [0.717, 1.165) is 22.2 Å². The molecule has 1 saturated heterocycles. The minimum Gasteiger partial charge on any atom is -0.480 e. The molecule has 0 bridgehead atoms. The van der Waals surface area contributed by atoms with E-state index in [1.165, 1.54) is 7.11 Å². The summed E-state index contributed by atoms with van der Waals surface area (Å²) < 4.78 is 16.7. The summed E-state index contributed by atoms with van der Waals surface area (Å²) in [5.74, 6) is -0.0826. The Balaban J connectivity index is 1.89. The van der Waals surface area contributed by atoms with Gasteiger partial charge in [-0.15, -0.1) is 0 Å². The van der Waals surface area contributed by atoms with Gasteiger partial charge in [-0.05, 0) is 56.2 Å². The SMILES string of the molecule is COC(=O)COc1c(Br)cc(/C=N/NC(=O)CN2CCOCC2)cc1I. The number of benzene rings is 1. The van der Waals surface area contributed by atoms with Crippen LogP contribution in [0, 0.1) is 3.57 Å². The van der Waals surface area contributed by atoms with E-state index in [9.17, 15) is 9.59 Å². The molecule has 1 heterocycles. The first kappa shape index (κ1) is 21.1. The van der Waals surface area contributed by atoms with E-state index in [4.69, 9.17) is 9.47 Å². The van der Waals surface area contributed by atoms with Gasteiger partial charge in [0.25, 0.3) is 5.91 Å². The maximum atomic E-state index is 11.9. The maximum absolute atomic E-state index is 11.9. The molecular formula is C16H19BrIN3O5. The van der Waals surface area contributed by atoms with Crippen molar-refractivity contribution >= 4 is 56.6 Å². The van der Waals surface area contributed by atoms with Gasteiger partial charge in [0.2, 0.25) is 0 Å². The van der Waals surface area contributed by atoms with Crippen LogP contribution in [-0.2, 0) is 19.1 Å². The van der Waals surface area contributed by atoms with Gasteiger partial charge in [0, 0.05) is 13.1 Å². The predicted molar refractivity (Wildman–Crippen MR) is 107 cm³/mol. The second-order valence-electron chi connectivity index (χ2n) is 5.36. The van der Waals surface area contributed by atoms with Crippen LogP contribution < -0.4 is 10.2 Å². The van der Waals surface area contributed by atoms with Gasteiger partial charge in [-0.25, -0.2) is 10.2 Å². The smallest absolute Gasteiger partial charge is 0.343 e. The molecule has 142 valence electrons. The lowest BCUT2D eigenvalue weighted by Crippen LogP contribution is -2.42. The molecule has 10 heteroatoms. The molecule has 1 aliphatic heterocycles. The number of nitrogens with zero attached hydrogens (tertiary/aromatic N) is 2. The van der Waals surface area contributed by atoms with E-state index in [1.54, 1.807) is 12.3 Å². The van der Waals surface area contributed by atoms with E-state index in [0.29, 0.717) is 30.0 Å². The van der Waals surface area contributed by atoms with Crippen LogP contribution in [0.15, 0.2) is 21.7 Å². The Morgan fingerprint density at radius 2 is 2.15 bits per heavy atom. The number of morpholine rings is 1. The van der Waals surface area contributed by atoms with Crippen molar-refractivity contribution in [3.05, 3.63) is 25.7 Å². The number of carbonyl (C=O) groups is 2. The number of halogens is 2. The first-order chi connectivity index (χ1) is 12.5. The zero-order valence-corrected chi connectivity index (χ0v) is 17.9. The molecule has 1 aromatic rings. The Hall–Kier alpha value is -1.24. The largest absolute Gasteiger partial charge is 0.480 e. The zero-order valence-electron chi connectivity index (χ0n) is 14.2. The number of hydrogen-bond donors (Lipinski definition) is 1. The highest BCUT2D eigenvalue weighted by atomic mass is 127. The lowest BCUT2D eigenvalue weighted by molar-refractivity contribution is -0.143. The molecule has 2 rings (SSSR count). The monoisotopic (exact) mass is 539 g/mol. The third kappa shape index (κ3) is 6.82. The highest BCUT2D eigenvalue weighted by Gasteiger charge is 2.14. The maximum Gasteiger partial charge on any atom is 0.343 e. The predicted octanol–water partition coefficient (Wildman–Crippen LogP) is 1.39. The van der Waals surface area contributed by atoms with Crippen LogP contribution in [0.2, 0.25) is 0 Å². The molecule has 0 atom stereocenters. The number of methoxy groups -OCH3 is 1. The molecule has 1 N–H and O–H groups in total. The van der Waals surface area contributed by atoms with Crippen molar-refractivity contribution in [3.8, 4) is 5.75 Å². The summed E-state index contributed by atoms with van der Waals surface area (Å²) in [6, 6.07) is 3.61. The fourth-order valence-electron chi connectivity index (χ4n) is 2.16. The van der Waals surface area contributed by atoms with Crippen LogP contribution in [0.1, 0.15) is 5.56 Å². The van der Waals surface area contributed by atoms with Gasteiger partial charge in [-0.1, -0.05) is 0 Å². The molecule has 0 radical (unpaired) electrons. The van der Waals surface area contributed by atoms with E-state index in [2.05, 4.69) is 53.8 Å². The highest BCUT2D eigenvalue weighted by Crippen LogP contribution is 2.31. The Kier molecular flexibility index (Phi) is 8.75. The van der Waals surface area contributed by atoms with E-state index >= 15 is 0 Å². The van der Waals surface area contributed by atoms with Crippen molar-refractivity contribution in [1.82, 2.24) is 10.3 Å². The van der Waals surface area contributed by atoms with Crippen LogP contribution in [0.3, 0.4) is 0 Å². The fraction of sp³-hybridized carbons (Fsp3) is 0.438. The third-order valence-electron chi connectivity index (χ3n) is 3.46. The first-order valence-corrected chi connectivity index (χ1v) is 9.67. The number of nitrogens with one attached hydrogen (secondary N) is 1. The second-order valence-corrected chi connectivity index (χ2v) is 7.38. The standard InChI is InChI=1S/C16H19BrIN3O5/c1-24-15(23)10-26-16-12(17)6-11(7-13(16)18)8-19-20-14(22)9-21-2-4-25-5-3-21/h6-8H,2-5,9-10H2,1H3,(H,20,22)/b19-8+. The van der Waals surface area contributed by atoms with Crippen molar-refractivity contribution < 1.29 is 23.8 Å². The number of hydrogen-bond acceptors (Lipinski definition) is 7. The molecule has 0 aliphatic carbocycles. The number of carbonyl (C=O) groups excluding carboxylic acids is 2. The first-order valence-electron chi connectivity index (χ1n) is 7.80. The molecule has 1 aliphatic rings. The van der Waals surface area contributed by atoms with Crippen molar-refractivity contribution in [2.24, 2.45) is 5.10 Å². The lowest BCUT2D eigenvalue weighted by Gasteiger charge is -2.25.